The van der Waals surface area contributed by atoms with Crippen LogP contribution in [-0.4, -0.2) is 38.4 Å². The monoisotopic (exact) mass is 419 g/mol. The Hall–Kier alpha value is -2.19. The van der Waals surface area contributed by atoms with Gasteiger partial charge in [-0.1, -0.05) is 23.9 Å². The molecule has 1 saturated heterocycles. The van der Waals surface area contributed by atoms with Crippen LogP contribution in [0.2, 0.25) is 0 Å². The number of ether oxygens (including phenoxy) is 1. The summed E-state index contributed by atoms with van der Waals surface area (Å²) < 4.78 is 35.8. The number of aromatic nitrogens is 3. The number of nitrogens with zero attached hydrogens (tertiary/aromatic N) is 3. The van der Waals surface area contributed by atoms with Gasteiger partial charge in [0.25, 0.3) is 0 Å². The van der Waals surface area contributed by atoms with Crippen LogP contribution in [0.3, 0.4) is 0 Å². The lowest BCUT2D eigenvalue weighted by molar-refractivity contribution is 0.0656. The van der Waals surface area contributed by atoms with Crippen molar-refractivity contribution < 1.29 is 18.3 Å². The normalized spacial score (nSPS) is 16.9. The molecule has 154 valence electrons. The Balaban J connectivity index is 1.52. The van der Waals surface area contributed by atoms with Crippen LogP contribution in [0.4, 0.5) is 8.78 Å². The smallest absolute Gasteiger partial charge is 0.321 e. The highest BCUT2D eigenvalue weighted by Crippen LogP contribution is 2.30. The van der Waals surface area contributed by atoms with Crippen molar-refractivity contribution in [2.75, 3.05) is 12.4 Å². The molecule has 1 aromatic carbocycles. The standard InChI is InChI=1S/C21H23F2N3O2S/c1-13-10-16(14(2)25(13)11-15-6-5-9-28-15)19(27)12-29-21-24-17-7-3-4-8-18(17)26(21)20(22)23/h3-4,7-8,10,15,20H,5-6,9,11-12H2,1-2H3. The summed E-state index contributed by atoms with van der Waals surface area (Å²) in [6.45, 7) is 2.71. The number of carbonyl (C=O) groups is 1. The van der Waals surface area contributed by atoms with E-state index < -0.39 is 6.55 Å². The Kier molecular flexibility index (Phi) is 5.74. The third kappa shape index (κ3) is 3.96. The predicted molar refractivity (Wildman–Crippen MR) is 109 cm³/mol. The molecule has 0 amide bonds. The lowest BCUT2D eigenvalue weighted by Gasteiger charge is -2.14. The molecule has 1 fully saturated rings. The van der Waals surface area contributed by atoms with Gasteiger partial charge in [-0.2, -0.15) is 8.78 Å². The first-order chi connectivity index (χ1) is 14.0. The fourth-order valence-corrected chi connectivity index (χ4v) is 4.77. The van der Waals surface area contributed by atoms with E-state index in [4.69, 9.17) is 4.74 Å². The van der Waals surface area contributed by atoms with Crippen molar-refractivity contribution in [2.24, 2.45) is 0 Å². The molecule has 2 aromatic heterocycles. The molecular formula is C21H23F2N3O2S. The van der Waals surface area contributed by atoms with E-state index in [9.17, 15) is 13.6 Å². The van der Waals surface area contributed by atoms with Gasteiger partial charge < -0.3 is 9.30 Å². The molecule has 5 nitrogen and oxygen atoms in total. The summed E-state index contributed by atoms with van der Waals surface area (Å²) in [6.07, 6.45) is 2.28. The fourth-order valence-electron chi connectivity index (χ4n) is 3.88. The first-order valence-corrected chi connectivity index (χ1v) is 10.6. The number of aryl methyl sites for hydroxylation is 1. The molecule has 0 radical (unpaired) electrons. The molecule has 0 aliphatic carbocycles. The molecular weight excluding hydrogens is 396 g/mol. The summed E-state index contributed by atoms with van der Waals surface area (Å²) in [5.41, 5.74) is 3.40. The Bertz CT molecular complexity index is 1040. The number of hydrogen-bond donors (Lipinski definition) is 0. The molecule has 1 aliphatic heterocycles. The van der Waals surface area contributed by atoms with Crippen molar-refractivity contribution in [3.8, 4) is 0 Å². The minimum absolute atomic E-state index is 0.0558. The van der Waals surface area contributed by atoms with Gasteiger partial charge in [0, 0.05) is 30.1 Å². The topological polar surface area (TPSA) is 49.0 Å². The molecule has 4 rings (SSSR count). The van der Waals surface area contributed by atoms with Crippen LogP contribution in [-0.2, 0) is 11.3 Å². The molecule has 3 heterocycles. The van der Waals surface area contributed by atoms with Gasteiger partial charge in [-0.3, -0.25) is 9.36 Å². The van der Waals surface area contributed by atoms with E-state index in [1.807, 2.05) is 19.9 Å². The molecule has 1 aliphatic rings. The van der Waals surface area contributed by atoms with Crippen molar-refractivity contribution in [3.05, 3.63) is 47.3 Å². The largest absolute Gasteiger partial charge is 0.376 e. The van der Waals surface area contributed by atoms with E-state index in [1.165, 1.54) is 0 Å². The number of alkyl halides is 2. The summed E-state index contributed by atoms with van der Waals surface area (Å²) >= 11 is 1.05. The quantitative estimate of drug-likeness (QED) is 0.399. The first kappa shape index (κ1) is 20.1. The average molecular weight is 419 g/mol. The minimum Gasteiger partial charge on any atom is -0.376 e. The van der Waals surface area contributed by atoms with Crippen molar-refractivity contribution in [3.63, 3.8) is 0 Å². The van der Waals surface area contributed by atoms with Gasteiger partial charge in [-0.05, 0) is 44.9 Å². The zero-order chi connectivity index (χ0) is 20.5. The van der Waals surface area contributed by atoms with Crippen molar-refractivity contribution in [1.29, 1.82) is 0 Å². The molecule has 0 spiro atoms. The van der Waals surface area contributed by atoms with Gasteiger partial charge in [-0.15, -0.1) is 0 Å². The molecule has 3 aromatic rings. The minimum atomic E-state index is -2.71. The van der Waals surface area contributed by atoms with Crippen LogP contribution in [0.15, 0.2) is 35.5 Å². The Morgan fingerprint density at radius 3 is 2.86 bits per heavy atom. The highest BCUT2D eigenvalue weighted by atomic mass is 32.2. The number of hydrogen-bond acceptors (Lipinski definition) is 4. The van der Waals surface area contributed by atoms with Gasteiger partial charge in [0.15, 0.2) is 10.9 Å². The maximum absolute atomic E-state index is 13.6. The number of rotatable bonds is 7. The first-order valence-electron chi connectivity index (χ1n) is 9.65. The maximum atomic E-state index is 13.6. The van der Waals surface area contributed by atoms with Gasteiger partial charge in [0.05, 0.1) is 22.9 Å². The van der Waals surface area contributed by atoms with Crippen LogP contribution in [0, 0.1) is 13.8 Å². The maximum Gasteiger partial charge on any atom is 0.321 e. The molecule has 29 heavy (non-hydrogen) atoms. The Morgan fingerprint density at radius 2 is 2.14 bits per heavy atom. The number of benzene rings is 1. The van der Waals surface area contributed by atoms with E-state index in [-0.39, 0.29) is 22.8 Å². The van der Waals surface area contributed by atoms with E-state index in [2.05, 4.69) is 9.55 Å². The number of ketones is 1. The molecule has 1 atom stereocenters. The van der Waals surface area contributed by atoms with Crippen LogP contribution < -0.4 is 0 Å². The van der Waals surface area contributed by atoms with Gasteiger partial charge in [-0.25, -0.2) is 4.98 Å². The average Bonchev–Trinajstić information content (AvgIpc) is 3.40. The zero-order valence-corrected chi connectivity index (χ0v) is 17.2. The number of carbonyl (C=O) groups excluding carboxylic acids is 1. The number of para-hydroxylation sites is 2. The lowest BCUT2D eigenvalue weighted by atomic mass is 10.2. The fraction of sp³-hybridized carbons (Fsp3) is 0.429. The number of thioether (sulfide) groups is 1. The Labute approximate surface area is 172 Å². The molecule has 0 bridgehead atoms. The molecule has 8 heteroatoms. The highest BCUT2D eigenvalue weighted by Gasteiger charge is 2.23. The highest BCUT2D eigenvalue weighted by molar-refractivity contribution is 7.99. The zero-order valence-electron chi connectivity index (χ0n) is 16.4. The second kappa shape index (κ2) is 8.28. The lowest BCUT2D eigenvalue weighted by Crippen LogP contribution is -2.17. The van der Waals surface area contributed by atoms with E-state index in [1.54, 1.807) is 24.3 Å². The number of halogens is 2. The molecule has 0 saturated carbocycles. The van der Waals surface area contributed by atoms with Crippen molar-refractivity contribution in [1.82, 2.24) is 14.1 Å². The molecule has 0 N–H and O–H groups in total. The van der Waals surface area contributed by atoms with Gasteiger partial charge in [0.1, 0.15) is 0 Å². The third-order valence-electron chi connectivity index (χ3n) is 5.38. The second-order valence-corrected chi connectivity index (χ2v) is 8.22. The van der Waals surface area contributed by atoms with Gasteiger partial charge in [0.2, 0.25) is 0 Å². The predicted octanol–water partition coefficient (Wildman–Crippen LogP) is 5.00. The number of Topliss-reactive ketones (excluding diaryl/α,β-unsaturated/α-hetero) is 1. The summed E-state index contributed by atoms with van der Waals surface area (Å²) in [5, 5.41) is 0.155. The third-order valence-corrected chi connectivity index (χ3v) is 6.33. The summed E-state index contributed by atoms with van der Waals surface area (Å²) in [7, 11) is 0. The SMILES string of the molecule is Cc1cc(C(=O)CSc2nc3ccccc3n2C(F)F)c(C)n1CC1CCCO1. The molecule has 1 unspecified atom stereocenters. The van der Waals surface area contributed by atoms with Gasteiger partial charge >= 0.3 is 6.55 Å². The van der Waals surface area contributed by atoms with Crippen LogP contribution >= 0.6 is 11.8 Å². The van der Waals surface area contributed by atoms with Crippen molar-refractivity contribution in [2.45, 2.75) is 51.0 Å². The van der Waals surface area contributed by atoms with Crippen LogP contribution in [0.5, 0.6) is 0 Å². The number of fused-ring (bicyclic) bond motifs is 1. The Morgan fingerprint density at radius 1 is 1.34 bits per heavy atom. The summed E-state index contributed by atoms with van der Waals surface area (Å²) in [5.74, 6) is -0.0326. The summed E-state index contributed by atoms with van der Waals surface area (Å²) in [6, 6.07) is 8.64. The van der Waals surface area contributed by atoms with Crippen LogP contribution in [0.1, 0.15) is 41.1 Å². The van der Waals surface area contributed by atoms with E-state index >= 15 is 0 Å². The second-order valence-electron chi connectivity index (χ2n) is 7.27. The van der Waals surface area contributed by atoms with E-state index in [0.29, 0.717) is 16.6 Å². The summed E-state index contributed by atoms with van der Waals surface area (Å²) in [4.78, 5) is 17.1. The van der Waals surface area contributed by atoms with E-state index in [0.717, 1.165) is 53.7 Å². The number of imidazole rings is 1. The van der Waals surface area contributed by atoms with Crippen LogP contribution in [0.25, 0.3) is 11.0 Å². The van der Waals surface area contributed by atoms with Crippen molar-refractivity contribution >= 4 is 28.6 Å².